The van der Waals surface area contributed by atoms with Crippen LogP contribution < -0.4 is 0 Å². The molecule has 0 aliphatic heterocycles. The highest BCUT2D eigenvalue weighted by atomic mass is 19.1. The van der Waals surface area contributed by atoms with E-state index in [1.54, 1.807) is 6.92 Å². The maximum Gasteiger partial charge on any atom is 0.130 e. The van der Waals surface area contributed by atoms with E-state index in [2.05, 4.69) is 0 Å². The quantitative estimate of drug-likeness (QED) is 0.630. The Labute approximate surface area is 69.2 Å². The lowest BCUT2D eigenvalue weighted by Gasteiger charge is -2.03. The van der Waals surface area contributed by atoms with Gasteiger partial charge in [0.1, 0.15) is 11.6 Å². The summed E-state index contributed by atoms with van der Waals surface area (Å²) in [5.74, 6) is -1.82. The molecule has 0 saturated carbocycles. The normalized spacial score (nSPS) is 12.2. The molecule has 0 amide bonds. The Hall–Kier alpha value is -1.43. The van der Waals surface area contributed by atoms with Gasteiger partial charge in [0.25, 0.3) is 0 Å². The fourth-order valence-corrected chi connectivity index (χ4v) is 0.922. The van der Waals surface area contributed by atoms with Crippen LogP contribution in [0, 0.1) is 23.0 Å². The van der Waals surface area contributed by atoms with Crippen molar-refractivity contribution in [1.82, 2.24) is 0 Å². The van der Waals surface area contributed by atoms with Crippen LogP contribution in [0.2, 0.25) is 0 Å². The van der Waals surface area contributed by atoms with Crippen LogP contribution in [-0.2, 0) is 0 Å². The molecular weight excluding hydrogens is 160 g/mol. The maximum absolute atomic E-state index is 12.9. The first-order chi connectivity index (χ1) is 5.65. The summed E-state index contributed by atoms with van der Waals surface area (Å²) >= 11 is 0. The third-order valence-corrected chi connectivity index (χ3v) is 1.62. The maximum atomic E-state index is 12.9. The molecule has 0 aromatic heterocycles. The van der Waals surface area contributed by atoms with Crippen molar-refractivity contribution in [3.05, 3.63) is 35.4 Å². The van der Waals surface area contributed by atoms with Gasteiger partial charge in [0, 0.05) is 11.6 Å². The van der Waals surface area contributed by atoms with Crippen LogP contribution in [0.1, 0.15) is 18.4 Å². The van der Waals surface area contributed by atoms with E-state index < -0.39 is 17.6 Å². The molecule has 1 rings (SSSR count). The zero-order chi connectivity index (χ0) is 9.14. The predicted octanol–water partition coefficient (Wildman–Crippen LogP) is 2.59. The largest absolute Gasteiger partial charge is 0.207 e. The Kier molecular flexibility index (Phi) is 2.39. The summed E-state index contributed by atoms with van der Waals surface area (Å²) in [5, 5.41) is 8.47. The average molecular weight is 167 g/mol. The highest BCUT2D eigenvalue weighted by Gasteiger charge is 2.09. The van der Waals surface area contributed by atoms with Crippen LogP contribution in [0.3, 0.4) is 0 Å². The number of hydrogen-bond acceptors (Lipinski definition) is 1. The summed E-state index contributed by atoms with van der Waals surface area (Å²) < 4.78 is 25.3. The van der Waals surface area contributed by atoms with Gasteiger partial charge >= 0.3 is 0 Å². The van der Waals surface area contributed by atoms with Crippen molar-refractivity contribution < 1.29 is 8.78 Å². The van der Waals surface area contributed by atoms with Gasteiger partial charge in [0.05, 0.1) is 12.0 Å². The molecule has 0 bridgehead atoms. The number of rotatable bonds is 1. The Bertz CT molecular complexity index is 328. The second kappa shape index (κ2) is 3.31. The van der Waals surface area contributed by atoms with Crippen molar-refractivity contribution >= 4 is 0 Å². The molecule has 0 aliphatic rings. The van der Waals surface area contributed by atoms with Crippen LogP contribution >= 0.6 is 0 Å². The Morgan fingerprint density at radius 1 is 1.42 bits per heavy atom. The molecule has 0 N–H and O–H groups in total. The standard InChI is InChI=1S/C9H7F2N/c1-6(5-12)8-3-2-7(10)4-9(8)11/h2-4,6H,1H3. The zero-order valence-corrected chi connectivity index (χ0v) is 6.51. The molecule has 1 unspecified atom stereocenters. The van der Waals surface area contributed by atoms with E-state index in [0.29, 0.717) is 0 Å². The van der Waals surface area contributed by atoms with E-state index in [4.69, 9.17) is 5.26 Å². The molecule has 1 nitrogen and oxygen atoms in total. The highest BCUT2D eigenvalue weighted by molar-refractivity contribution is 5.26. The Balaban J connectivity index is 3.11. The number of nitrogens with zero attached hydrogens (tertiary/aromatic N) is 1. The molecule has 1 atom stereocenters. The minimum absolute atomic E-state index is 0.235. The van der Waals surface area contributed by atoms with E-state index in [9.17, 15) is 8.78 Å². The SMILES string of the molecule is CC(C#N)c1ccc(F)cc1F. The van der Waals surface area contributed by atoms with Crippen molar-refractivity contribution in [3.8, 4) is 6.07 Å². The Morgan fingerprint density at radius 2 is 2.08 bits per heavy atom. The van der Waals surface area contributed by atoms with Crippen molar-refractivity contribution in [1.29, 1.82) is 5.26 Å². The first kappa shape index (κ1) is 8.66. The molecule has 62 valence electrons. The summed E-state index contributed by atoms with van der Waals surface area (Å²) in [6.45, 7) is 1.57. The van der Waals surface area contributed by atoms with Crippen LogP contribution in [0.15, 0.2) is 18.2 Å². The predicted molar refractivity (Wildman–Crippen MR) is 40.4 cm³/mol. The van der Waals surface area contributed by atoms with E-state index in [1.807, 2.05) is 6.07 Å². The average Bonchev–Trinajstić information content (AvgIpc) is 2.03. The van der Waals surface area contributed by atoms with Gasteiger partial charge in [-0.3, -0.25) is 0 Å². The van der Waals surface area contributed by atoms with Gasteiger partial charge in [-0.25, -0.2) is 8.78 Å². The van der Waals surface area contributed by atoms with Gasteiger partial charge in [-0.15, -0.1) is 0 Å². The van der Waals surface area contributed by atoms with Gasteiger partial charge in [0.15, 0.2) is 0 Å². The number of nitriles is 1. The van der Waals surface area contributed by atoms with Crippen LogP contribution in [0.25, 0.3) is 0 Å². The molecule has 12 heavy (non-hydrogen) atoms. The molecule has 0 saturated heterocycles. The molecule has 1 aromatic carbocycles. The summed E-state index contributed by atoms with van der Waals surface area (Å²) in [7, 11) is 0. The first-order valence-electron chi connectivity index (χ1n) is 3.49. The minimum Gasteiger partial charge on any atom is -0.207 e. The summed E-state index contributed by atoms with van der Waals surface area (Å²) in [5.41, 5.74) is 0.235. The van der Waals surface area contributed by atoms with E-state index in [-0.39, 0.29) is 5.56 Å². The summed E-state index contributed by atoms with van der Waals surface area (Å²) in [4.78, 5) is 0. The molecular formula is C9H7F2N. The second-order valence-corrected chi connectivity index (χ2v) is 2.52. The lowest BCUT2D eigenvalue weighted by Crippen LogP contribution is -1.94. The van der Waals surface area contributed by atoms with Crippen molar-refractivity contribution in [3.63, 3.8) is 0 Å². The zero-order valence-electron chi connectivity index (χ0n) is 6.51. The molecule has 0 radical (unpaired) electrons. The number of halogens is 2. The van der Waals surface area contributed by atoms with Crippen molar-refractivity contribution in [2.45, 2.75) is 12.8 Å². The van der Waals surface area contributed by atoms with Gasteiger partial charge in [-0.05, 0) is 13.0 Å². The van der Waals surface area contributed by atoms with Gasteiger partial charge in [-0.2, -0.15) is 5.26 Å². The van der Waals surface area contributed by atoms with Crippen molar-refractivity contribution in [2.24, 2.45) is 0 Å². The van der Waals surface area contributed by atoms with Crippen LogP contribution in [0.4, 0.5) is 8.78 Å². The fourth-order valence-electron chi connectivity index (χ4n) is 0.922. The minimum atomic E-state index is -0.663. The molecule has 0 heterocycles. The van der Waals surface area contributed by atoms with E-state index in [1.165, 1.54) is 6.07 Å². The van der Waals surface area contributed by atoms with Crippen molar-refractivity contribution in [2.75, 3.05) is 0 Å². The van der Waals surface area contributed by atoms with Gasteiger partial charge in [-0.1, -0.05) is 6.07 Å². The van der Waals surface area contributed by atoms with E-state index in [0.717, 1.165) is 12.1 Å². The third kappa shape index (κ3) is 1.59. The molecule has 0 fully saturated rings. The second-order valence-electron chi connectivity index (χ2n) is 2.52. The monoisotopic (exact) mass is 167 g/mol. The highest BCUT2D eigenvalue weighted by Crippen LogP contribution is 2.18. The summed E-state index contributed by atoms with van der Waals surface area (Å²) in [6.07, 6.45) is 0. The lowest BCUT2D eigenvalue weighted by atomic mass is 10.0. The number of hydrogen-bond donors (Lipinski definition) is 0. The molecule has 1 aromatic rings. The van der Waals surface area contributed by atoms with Gasteiger partial charge in [0.2, 0.25) is 0 Å². The van der Waals surface area contributed by atoms with E-state index >= 15 is 0 Å². The Morgan fingerprint density at radius 3 is 2.58 bits per heavy atom. The smallest absolute Gasteiger partial charge is 0.130 e. The number of benzene rings is 1. The fraction of sp³-hybridized carbons (Fsp3) is 0.222. The first-order valence-corrected chi connectivity index (χ1v) is 3.49. The molecule has 3 heteroatoms. The molecule has 0 aliphatic carbocycles. The van der Waals surface area contributed by atoms with Crippen LogP contribution in [-0.4, -0.2) is 0 Å². The third-order valence-electron chi connectivity index (χ3n) is 1.62. The van der Waals surface area contributed by atoms with Crippen LogP contribution in [0.5, 0.6) is 0 Å². The summed E-state index contributed by atoms with van der Waals surface area (Å²) in [6, 6.07) is 5.10. The van der Waals surface area contributed by atoms with Gasteiger partial charge < -0.3 is 0 Å². The molecule has 0 spiro atoms. The lowest BCUT2D eigenvalue weighted by molar-refractivity contribution is 0.570. The topological polar surface area (TPSA) is 23.8 Å².